The standard InChI is InChI=1S/C18H28O2S/c1-11-5-8-14(18(2,3)4)15(9-11)20-17(19)16-12-6-7-13(10-12)21-16/h6-7,11-16H,5,8-10H2,1-4H3/t11-,12-,13+,14-,15-,16-/m1/s1. The van der Waals surface area contributed by atoms with Crippen LogP contribution in [0.2, 0.25) is 0 Å². The van der Waals surface area contributed by atoms with Crippen LogP contribution in [-0.4, -0.2) is 22.6 Å². The average molecular weight is 308 g/mol. The highest BCUT2D eigenvalue weighted by Crippen LogP contribution is 2.47. The first kappa shape index (κ1) is 15.5. The van der Waals surface area contributed by atoms with Crippen LogP contribution in [0.3, 0.4) is 0 Å². The van der Waals surface area contributed by atoms with Gasteiger partial charge >= 0.3 is 5.97 Å². The van der Waals surface area contributed by atoms with Gasteiger partial charge in [-0.15, -0.1) is 11.8 Å². The van der Waals surface area contributed by atoms with E-state index in [1.807, 2.05) is 0 Å². The van der Waals surface area contributed by atoms with Crippen molar-refractivity contribution in [3.8, 4) is 0 Å². The van der Waals surface area contributed by atoms with Crippen molar-refractivity contribution in [3.63, 3.8) is 0 Å². The first-order valence-corrected chi connectivity index (χ1v) is 9.33. The zero-order valence-electron chi connectivity index (χ0n) is 13.7. The Morgan fingerprint density at radius 1 is 1.19 bits per heavy atom. The van der Waals surface area contributed by atoms with Crippen LogP contribution in [0.5, 0.6) is 0 Å². The first-order valence-electron chi connectivity index (χ1n) is 8.39. The van der Waals surface area contributed by atoms with Crippen molar-refractivity contribution in [2.75, 3.05) is 0 Å². The molecule has 2 fully saturated rings. The Labute approximate surface area is 133 Å². The van der Waals surface area contributed by atoms with Gasteiger partial charge in [-0.3, -0.25) is 4.79 Å². The topological polar surface area (TPSA) is 26.3 Å². The van der Waals surface area contributed by atoms with E-state index in [0.717, 1.165) is 12.8 Å². The minimum atomic E-state index is 0.0465. The lowest BCUT2D eigenvalue weighted by Gasteiger charge is -2.42. The van der Waals surface area contributed by atoms with E-state index in [2.05, 4.69) is 39.8 Å². The van der Waals surface area contributed by atoms with Crippen LogP contribution < -0.4 is 0 Å². The Balaban J connectivity index is 1.66. The predicted octanol–water partition coefficient (Wildman–Crippen LogP) is 4.44. The van der Waals surface area contributed by atoms with Crippen molar-refractivity contribution in [2.24, 2.45) is 23.2 Å². The third kappa shape index (κ3) is 3.18. The number of carbonyl (C=O) groups excluding carboxylic acids is 1. The second kappa shape index (κ2) is 5.64. The van der Waals surface area contributed by atoms with Gasteiger partial charge in [0.05, 0.1) is 0 Å². The Bertz CT molecular complexity index is 437. The average Bonchev–Trinajstić information content (AvgIpc) is 2.99. The molecule has 0 aromatic heterocycles. The van der Waals surface area contributed by atoms with Crippen LogP contribution in [0.1, 0.15) is 53.4 Å². The predicted molar refractivity (Wildman–Crippen MR) is 88.3 cm³/mol. The highest BCUT2D eigenvalue weighted by Gasteiger charge is 2.44. The van der Waals surface area contributed by atoms with Gasteiger partial charge in [0.1, 0.15) is 11.4 Å². The maximum absolute atomic E-state index is 12.6. The molecular weight excluding hydrogens is 280 g/mol. The van der Waals surface area contributed by atoms with E-state index in [1.165, 1.54) is 12.8 Å². The number of carbonyl (C=O) groups is 1. The molecule has 0 aromatic carbocycles. The number of allylic oxidation sites excluding steroid dienone is 1. The zero-order chi connectivity index (χ0) is 15.2. The molecule has 0 N–H and O–H groups in total. The summed E-state index contributed by atoms with van der Waals surface area (Å²) in [6.07, 6.45) is 9.21. The summed E-state index contributed by atoms with van der Waals surface area (Å²) in [7, 11) is 0. The third-order valence-corrected chi connectivity index (χ3v) is 6.99. The summed E-state index contributed by atoms with van der Waals surface area (Å²) in [5.41, 5.74) is 0.215. The molecule has 2 nitrogen and oxygen atoms in total. The summed E-state index contributed by atoms with van der Waals surface area (Å²) in [6, 6.07) is 0. The van der Waals surface area contributed by atoms with Crippen molar-refractivity contribution >= 4 is 17.7 Å². The smallest absolute Gasteiger partial charge is 0.319 e. The number of esters is 1. The normalized spacial score (nSPS) is 42.3. The van der Waals surface area contributed by atoms with Gasteiger partial charge in [0.2, 0.25) is 0 Å². The molecule has 1 saturated carbocycles. The van der Waals surface area contributed by atoms with Crippen molar-refractivity contribution in [1.82, 2.24) is 0 Å². The number of hydrogen-bond donors (Lipinski definition) is 0. The molecule has 3 heteroatoms. The van der Waals surface area contributed by atoms with Crippen LogP contribution >= 0.6 is 11.8 Å². The SMILES string of the molecule is C[C@@H]1CC[C@@H](C(C)(C)C)[C@H](OC(=O)[C@@H]2S[C@H]3C=C[C@@H]2C3)C1. The van der Waals surface area contributed by atoms with Gasteiger partial charge in [-0.2, -0.15) is 0 Å². The minimum absolute atomic E-state index is 0.0465. The van der Waals surface area contributed by atoms with E-state index in [9.17, 15) is 4.79 Å². The van der Waals surface area contributed by atoms with Crippen molar-refractivity contribution < 1.29 is 9.53 Å². The second-order valence-corrected chi connectivity index (χ2v) is 9.63. The van der Waals surface area contributed by atoms with Gasteiger partial charge in [-0.25, -0.2) is 0 Å². The van der Waals surface area contributed by atoms with Crippen LogP contribution in [-0.2, 0) is 9.53 Å². The summed E-state index contributed by atoms with van der Waals surface area (Å²) < 4.78 is 6.04. The van der Waals surface area contributed by atoms with Gasteiger partial charge in [-0.05, 0) is 30.6 Å². The Morgan fingerprint density at radius 2 is 1.95 bits per heavy atom. The maximum atomic E-state index is 12.6. The number of rotatable bonds is 2. The molecule has 6 atom stereocenters. The minimum Gasteiger partial charge on any atom is -0.461 e. The highest BCUT2D eigenvalue weighted by molar-refractivity contribution is 8.01. The summed E-state index contributed by atoms with van der Waals surface area (Å²) in [6.45, 7) is 9.13. The molecule has 0 unspecified atom stereocenters. The van der Waals surface area contributed by atoms with Crippen molar-refractivity contribution in [3.05, 3.63) is 12.2 Å². The first-order chi connectivity index (χ1) is 9.84. The van der Waals surface area contributed by atoms with Crippen molar-refractivity contribution in [1.29, 1.82) is 0 Å². The quantitative estimate of drug-likeness (QED) is 0.557. The molecule has 0 radical (unpaired) electrons. The molecule has 1 saturated heterocycles. The summed E-state index contributed by atoms with van der Waals surface area (Å²) in [5.74, 6) is 1.64. The number of thioether (sulfide) groups is 1. The molecule has 3 aliphatic rings. The van der Waals surface area contributed by atoms with Gasteiger partial charge in [-0.1, -0.05) is 46.3 Å². The fraction of sp³-hybridized carbons (Fsp3) is 0.833. The fourth-order valence-electron chi connectivity index (χ4n) is 4.20. The van der Waals surface area contributed by atoms with E-state index in [1.54, 1.807) is 11.8 Å². The molecule has 1 heterocycles. The monoisotopic (exact) mass is 308 g/mol. The lowest BCUT2D eigenvalue weighted by atomic mass is 9.68. The lowest BCUT2D eigenvalue weighted by Crippen LogP contribution is -2.41. The molecular formula is C18H28O2S. The van der Waals surface area contributed by atoms with E-state index in [0.29, 0.717) is 23.0 Å². The summed E-state index contributed by atoms with van der Waals surface area (Å²) >= 11 is 1.81. The van der Waals surface area contributed by atoms with Gasteiger partial charge in [0.15, 0.2) is 0 Å². The summed E-state index contributed by atoms with van der Waals surface area (Å²) in [4.78, 5) is 12.6. The third-order valence-electron chi connectivity index (χ3n) is 5.45. The summed E-state index contributed by atoms with van der Waals surface area (Å²) in [5, 5.41) is 0.606. The highest BCUT2D eigenvalue weighted by atomic mass is 32.2. The number of hydrogen-bond acceptors (Lipinski definition) is 3. The van der Waals surface area contributed by atoms with Gasteiger partial charge in [0.25, 0.3) is 0 Å². The van der Waals surface area contributed by atoms with Gasteiger partial charge < -0.3 is 4.74 Å². The Hall–Kier alpha value is -0.440. The molecule has 2 bridgehead atoms. The molecule has 118 valence electrons. The molecule has 1 aliphatic heterocycles. The molecule has 3 rings (SSSR count). The zero-order valence-corrected chi connectivity index (χ0v) is 14.5. The molecule has 0 spiro atoms. The van der Waals surface area contributed by atoms with E-state index in [-0.39, 0.29) is 22.7 Å². The molecule has 2 aliphatic carbocycles. The second-order valence-electron chi connectivity index (χ2n) is 8.25. The Morgan fingerprint density at radius 3 is 2.52 bits per heavy atom. The van der Waals surface area contributed by atoms with Crippen LogP contribution in [0.4, 0.5) is 0 Å². The molecule has 0 aromatic rings. The maximum Gasteiger partial charge on any atom is 0.319 e. The van der Waals surface area contributed by atoms with Crippen LogP contribution in [0.15, 0.2) is 12.2 Å². The van der Waals surface area contributed by atoms with E-state index >= 15 is 0 Å². The molecule has 21 heavy (non-hydrogen) atoms. The Kier molecular flexibility index (Phi) is 4.15. The largest absolute Gasteiger partial charge is 0.461 e. The van der Waals surface area contributed by atoms with Crippen LogP contribution in [0.25, 0.3) is 0 Å². The lowest BCUT2D eigenvalue weighted by molar-refractivity contribution is -0.157. The van der Waals surface area contributed by atoms with E-state index < -0.39 is 0 Å². The molecule has 0 amide bonds. The van der Waals surface area contributed by atoms with Crippen molar-refractivity contribution in [2.45, 2.75) is 70.0 Å². The number of fused-ring (bicyclic) bond motifs is 2. The van der Waals surface area contributed by atoms with E-state index in [4.69, 9.17) is 4.74 Å². The van der Waals surface area contributed by atoms with Gasteiger partial charge in [0, 0.05) is 17.1 Å². The van der Waals surface area contributed by atoms with Crippen LogP contribution in [0, 0.1) is 23.2 Å². The fourth-order valence-corrected chi connectivity index (χ4v) is 5.66. The number of ether oxygens (including phenoxy) is 1.